The van der Waals surface area contributed by atoms with Crippen molar-refractivity contribution >= 4 is 11.6 Å². The average molecular weight is 372 g/mol. The number of fused-ring (bicyclic) bond motifs is 1. The van der Waals surface area contributed by atoms with E-state index in [1.54, 1.807) is 0 Å². The van der Waals surface area contributed by atoms with Crippen LogP contribution in [0.15, 0.2) is 24.3 Å². The Morgan fingerprint density at radius 2 is 1.74 bits per heavy atom. The fourth-order valence-electron chi connectivity index (χ4n) is 5.02. The summed E-state index contributed by atoms with van der Waals surface area (Å²) < 4.78 is 5.40. The largest absolute Gasteiger partial charge is 0.379 e. The maximum absolute atomic E-state index is 12.6. The molecule has 3 aliphatic rings. The Bertz CT molecular complexity index is 610. The van der Waals surface area contributed by atoms with Crippen LogP contribution in [0.4, 0.5) is 5.69 Å². The molecule has 0 aromatic heterocycles. The highest BCUT2D eigenvalue weighted by Crippen LogP contribution is 2.35. The van der Waals surface area contributed by atoms with Crippen molar-refractivity contribution in [2.24, 2.45) is 5.92 Å². The van der Waals surface area contributed by atoms with E-state index in [-0.39, 0.29) is 5.91 Å². The van der Waals surface area contributed by atoms with Crippen LogP contribution in [0.1, 0.15) is 44.1 Å². The molecule has 0 bridgehead atoms. The van der Waals surface area contributed by atoms with Gasteiger partial charge in [-0.25, -0.2) is 0 Å². The summed E-state index contributed by atoms with van der Waals surface area (Å²) in [4.78, 5) is 17.4. The molecule has 148 valence electrons. The van der Waals surface area contributed by atoms with Gasteiger partial charge in [0, 0.05) is 31.4 Å². The number of carbonyl (C=O) groups excluding carboxylic acids is 1. The van der Waals surface area contributed by atoms with Gasteiger partial charge in [-0.1, -0.05) is 25.0 Å². The molecule has 2 saturated heterocycles. The summed E-state index contributed by atoms with van der Waals surface area (Å²) in [5.74, 6) is 0.946. The zero-order valence-electron chi connectivity index (χ0n) is 16.4. The minimum absolute atomic E-state index is 0.127. The van der Waals surface area contributed by atoms with E-state index in [1.807, 2.05) is 12.1 Å². The molecule has 0 spiro atoms. The monoisotopic (exact) mass is 371 g/mol. The standard InChI is InChI=1S/C22H33N3O2/c26-22(17-25-11-3-5-19-4-1-2-6-21(19)25)23-20-9-7-18(8-10-20)16-24-12-14-27-15-13-24/h7-10,19,21H,1-6,11-17H2,(H,23,26). The number of rotatable bonds is 5. The molecule has 2 aliphatic heterocycles. The molecule has 0 radical (unpaired) electrons. The first-order valence-electron chi connectivity index (χ1n) is 10.7. The van der Waals surface area contributed by atoms with E-state index in [9.17, 15) is 4.79 Å². The smallest absolute Gasteiger partial charge is 0.238 e. The van der Waals surface area contributed by atoms with Crippen LogP contribution in [0, 0.1) is 5.92 Å². The van der Waals surface area contributed by atoms with Gasteiger partial charge in [0.05, 0.1) is 19.8 Å². The van der Waals surface area contributed by atoms with Gasteiger partial charge in [0.15, 0.2) is 0 Å². The number of carbonyl (C=O) groups is 1. The number of ether oxygens (including phenoxy) is 1. The van der Waals surface area contributed by atoms with Gasteiger partial charge < -0.3 is 10.1 Å². The number of hydrogen-bond acceptors (Lipinski definition) is 4. The Morgan fingerprint density at radius 1 is 1.00 bits per heavy atom. The van der Waals surface area contributed by atoms with Crippen molar-refractivity contribution in [2.45, 2.75) is 51.1 Å². The molecule has 2 atom stereocenters. The van der Waals surface area contributed by atoms with E-state index in [2.05, 4.69) is 27.2 Å². The van der Waals surface area contributed by atoms with Crippen molar-refractivity contribution in [3.8, 4) is 0 Å². The lowest BCUT2D eigenvalue weighted by molar-refractivity contribution is -0.118. The number of hydrogen-bond donors (Lipinski definition) is 1. The zero-order valence-corrected chi connectivity index (χ0v) is 16.4. The molecule has 1 saturated carbocycles. The van der Waals surface area contributed by atoms with Gasteiger partial charge in [-0.2, -0.15) is 0 Å². The van der Waals surface area contributed by atoms with E-state index in [1.165, 1.54) is 44.1 Å². The van der Waals surface area contributed by atoms with Crippen molar-refractivity contribution in [2.75, 3.05) is 44.7 Å². The van der Waals surface area contributed by atoms with Crippen LogP contribution in [0.2, 0.25) is 0 Å². The van der Waals surface area contributed by atoms with E-state index < -0.39 is 0 Å². The first-order chi connectivity index (χ1) is 13.3. The zero-order chi connectivity index (χ0) is 18.5. The van der Waals surface area contributed by atoms with Crippen LogP contribution in [0.25, 0.3) is 0 Å². The summed E-state index contributed by atoms with van der Waals surface area (Å²) in [6.07, 6.45) is 7.92. The highest BCUT2D eigenvalue weighted by atomic mass is 16.5. The van der Waals surface area contributed by atoms with Crippen LogP contribution < -0.4 is 5.32 Å². The highest BCUT2D eigenvalue weighted by molar-refractivity contribution is 5.92. The minimum Gasteiger partial charge on any atom is -0.379 e. The van der Waals surface area contributed by atoms with Gasteiger partial charge in [0.1, 0.15) is 0 Å². The summed E-state index contributed by atoms with van der Waals surface area (Å²) in [5, 5.41) is 3.10. The number of anilines is 1. The van der Waals surface area contributed by atoms with E-state index in [0.717, 1.165) is 51.0 Å². The second-order valence-corrected chi connectivity index (χ2v) is 8.36. The maximum atomic E-state index is 12.6. The van der Waals surface area contributed by atoms with E-state index in [0.29, 0.717) is 12.6 Å². The van der Waals surface area contributed by atoms with Gasteiger partial charge in [0.25, 0.3) is 0 Å². The normalized spacial score (nSPS) is 27.1. The van der Waals surface area contributed by atoms with Gasteiger partial charge in [0.2, 0.25) is 5.91 Å². The second kappa shape index (κ2) is 9.18. The summed E-state index contributed by atoms with van der Waals surface area (Å²) in [7, 11) is 0. The molecule has 2 unspecified atom stereocenters. The number of benzene rings is 1. The second-order valence-electron chi connectivity index (χ2n) is 8.36. The molecule has 1 aliphatic carbocycles. The lowest BCUT2D eigenvalue weighted by Gasteiger charge is -2.43. The molecule has 5 heteroatoms. The topological polar surface area (TPSA) is 44.8 Å². The third-order valence-corrected chi connectivity index (χ3v) is 6.45. The highest BCUT2D eigenvalue weighted by Gasteiger charge is 2.33. The summed E-state index contributed by atoms with van der Waals surface area (Å²) in [5.41, 5.74) is 2.19. The fourth-order valence-corrected chi connectivity index (χ4v) is 5.02. The molecule has 1 N–H and O–H groups in total. The number of morpholine rings is 1. The van der Waals surface area contributed by atoms with Crippen molar-refractivity contribution < 1.29 is 9.53 Å². The molecule has 27 heavy (non-hydrogen) atoms. The minimum atomic E-state index is 0.127. The van der Waals surface area contributed by atoms with E-state index in [4.69, 9.17) is 4.74 Å². The van der Waals surface area contributed by atoms with Crippen molar-refractivity contribution in [1.29, 1.82) is 0 Å². The average Bonchev–Trinajstić information content (AvgIpc) is 2.71. The Morgan fingerprint density at radius 3 is 2.56 bits per heavy atom. The first kappa shape index (κ1) is 18.9. The van der Waals surface area contributed by atoms with Crippen LogP contribution in [0.5, 0.6) is 0 Å². The number of nitrogens with one attached hydrogen (secondary N) is 1. The quantitative estimate of drug-likeness (QED) is 0.864. The van der Waals surface area contributed by atoms with Gasteiger partial charge in [-0.3, -0.25) is 14.6 Å². The fraction of sp³-hybridized carbons (Fsp3) is 0.682. The molecule has 3 fully saturated rings. The lowest BCUT2D eigenvalue weighted by Crippen LogP contribution is -2.49. The molecular weight excluding hydrogens is 338 g/mol. The van der Waals surface area contributed by atoms with Gasteiger partial charge in [-0.15, -0.1) is 0 Å². The van der Waals surface area contributed by atoms with Crippen LogP contribution >= 0.6 is 0 Å². The van der Waals surface area contributed by atoms with Crippen molar-refractivity contribution in [3.63, 3.8) is 0 Å². The van der Waals surface area contributed by atoms with Crippen LogP contribution in [-0.2, 0) is 16.1 Å². The summed E-state index contributed by atoms with van der Waals surface area (Å²) >= 11 is 0. The number of piperidine rings is 1. The van der Waals surface area contributed by atoms with E-state index >= 15 is 0 Å². The molecule has 4 rings (SSSR count). The third kappa shape index (κ3) is 5.09. The molecule has 1 aromatic carbocycles. The third-order valence-electron chi connectivity index (χ3n) is 6.45. The number of amides is 1. The lowest BCUT2D eigenvalue weighted by atomic mass is 9.78. The molecule has 1 amide bonds. The van der Waals surface area contributed by atoms with Gasteiger partial charge in [-0.05, 0) is 55.8 Å². The van der Waals surface area contributed by atoms with Gasteiger partial charge >= 0.3 is 0 Å². The van der Waals surface area contributed by atoms with Crippen molar-refractivity contribution in [1.82, 2.24) is 9.80 Å². The van der Waals surface area contributed by atoms with Crippen LogP contribution in [0.3, 0.4) is 0 Å². The molecule has 1 aromatic rings. The first-order valence-corrected chi connectivity index (χ1v) is 10.7. The number of nitrogens with zero attached hydrogens (tertiary/aromatic N) is 2. The summed E-state index contributed by atoms with van der Waals surface area (Å²) in [6.45, 7) is 6.21. The summed E-state index contributed by atoms with van der Waals surface area (Å²) in [6, 6.07) is 8.96. The van der Waals surface area contributed by atoms with Crippen LogP contribution in [-0.4, -0.2) is 61.1 Å². The Kier molecular flexibility index (Phi) is 6.43. The predicted molar refractivity (Wildman–Crippen MR) is 108 cm³/mol. The Labute approximate surface area is 163 Å². The maximum Gasteiger partial charge on any atom is 0.238 e. The molecular formula is C22H33N3O2. The Hall–Kier alpha value is -1.43. The molecule has 2 heterocycles. The number of likely N-dealkylation sites (tertiary alicyclic amines) is 1. The SMILES string of the molecule is O=C(CN1CCCC2CCCCC21)Nc1ccc(CN2CCOCC2)cc1. The Balaban J connectivity index is 1.27. The van der Waals surface area contributed by atoms with Crippen molar-refractivity contribution in [3.05, 3.63) is 29.8 Å². The predicted octanol–water partition coefficient (Wildman–Crippen LogP) is 3.11. The molecule has 5 nitrogen and oxygen atoms in total.